The summed E-state index contributed by atoms with van der Waals surface area (Å²) in [4.78, 5) is 1.55. The molecule has 35 heavy (non-hydrogen) atoms. The molecule has 0 fully saturated rings. The van der Waals surface area contributed by atoms with Crippen LogP contribution in [-0.2, 0) is 4.57 Å². The Labute approximate surface area is 212 Å². The maximum absolute atomic E-state index is 14.5. The summed E-state index contributed by atoms with van der Waals surface area (Å²) in [6.07, 6.45) is 2.97. The second-order valence-corrected chi connectivity index (χ2v) is 14.3. The first-order valence-electron chi connectivity index (χ1n) is 12.6. The molecule has 1 atom stereocenters. The number of benzene rings is 4. The predicted molar refractivity (Wildman–Crippen MR) is 154 cm³/mol. The van der Waals surface area contributed by atoms with Crippen LogP contribution in [0.15, 0.2) is 121 Å². The molecule has 180 valence electrons. The van der Waals surface area contributed by atoms with Crippen LogP contribution in [0, 0.1) is 0 Å². The number of hydrogen-bond donors (Lipinski definition) is 1. The Morgan fingerprint density at radius 3 is 1.46 bits per heavy atom. The molecule has 0 saturated carbocycles. The van der Waals surface area contributed by atoms with Gasteiger partial charge in [-0.1, -0.05) is 128 Å². The minimum absolute atomic E-state index is 0.410. The fraction of sp³-hybridized carbons (Fsp3) is 0.226. The molecule has 0 spiro atoms. The standard InChI is InChI=1S/C31H35NOP2/c1-2-23-32(24-26-34(28-15-7-3-8-16-28)29-17-9-4-10-18-29)25-27-35(33,30-19-11-5-12-20-30)31-21-13-6-14-22-31/h3-22H,2,23-27H2,1H3/p+1. The molecular weight excluding hydrogens is 464 g/mol. The molecule has 0 aliphatic rings. The third-order valence-corrected chi connectivity index (χ3v) is 12.2. The molecule has 1 unspecified atom stereocenters. The van der Waals surface area contributed by atoms with E-state index in [9.17, 15) is 4.57 Å². The lowest BCUT2D eigenvalue weighted by molar-refractivity contribution is -0.895. The Kier molecular flexibility index (Phi) is 9.50. The number of rotatable bonds is 12. The van der Waals surface area contributed by atoms with Crippen molar-refractivity contribution in [3.8, 4) is 0 Å². The van der Waals surface area contributed by atoms with E-state index in [2.05, 4.69) is 67.6 Å². The fourth-order valence-corrected chi connectivity index (χ4v) is 9.85. The van der Waals surface area contributed by atoms with Gasteiger partial charge in [0.2, 0.25) is 0 Å². The molecule has 0 heterocycles. The Balaban J connectivity index is 1.52. The van der Waals surface area contributed by atoms with Crippen LogP contribution >= 0.6 is 15.1 Å². The van der Waals surface area contributed by atoms with Crippen LogP contribution in [0.3, 0.4) is 0 Å². The number of quaternary nitrogens is 1. The van der Waals surface area contributed by atoms with Gasteiger partial charge in [0.25, 0.3) is 0 Å². The molecule has 2 nitrogen and oxygen atoms in total. The Bertz CT molecular complexity index is 1100. The van der Waals surface area contributed by atoms with Crippen LogP contribution < -0.4 is 26.1 Å². The smallest absolute Gasteiger partial charge is 0.148 e. The van der Waals surface area contributed by atoms with Gasteiger partial charge in [-0.25, -0.2) is 0 Å². The molecule has 0 bridgehead atoms. The van der Waals surface area contributed by atoms with Gasteiger partial charge in [-0.15, -0.1) is 0 Å². The summed E-state index contributed by atoms with van der Waals surface area (Å²) < 4.78 is 14.5. The molecule has 4 rings (SSSR count). The lowest BCUT2D eigenvalue weighted by Gasteiger charge is -2.26. The van der Waals surface area contributed by atoms with Crippen molar-refractivity contribution in [2.24, 2.45) is 0 Å². The second kappa shape index (κ2) is 13.0. The van der Waals surface area contributed by atoms with E-state index in [1.165, 1.54) is 10.6 Å². The Morgan fingerprint density at radius 1 is 0.600 bits per heavy atom. The van der Waals surface area contributed by atoms with Crippen molar-refractivity contribution in [3.63, 3.8) is 0 Å². The summed E-state index contributed by atoms with van der Waals surface area (Å²) in [6, 6.07) is 42.1. The summed E-state index contributed by atoms with van der Waals surface area (Å²) in [5.41, 5.74) is 0. The van der Waals surface area contributed by atoms with Crippen molar-refractivity contribution in [2.45, 2.75) is 13.3 Å². The molecule has 0 aliphatic carbocycles. The largest absolute Gasteiger partial charge is 0.334 e. The minimum Gasteiger partial charge on any atom is -0.334 e. The van der Waals surface area contributed by atoms with Gasteiger partial charge in [-0.2, -0.15) is 0 Å². The summed E-state index contributed by atoms with van der Waals surface area (Å²) in [7, 11) is -3.09. The van der Waals surface area contributed by atoms with Gasteiger partial charge in [0.1, 0.15) is 7.14 Å². The fourth-order valence-electron chi connectivity index (χ4n) is 4.68. The Morgan fingerprint density at radius 2 is 1.03 bits per heavy atom. The van der Waals surface area contributed by atoms with Gasteiger partial charge >= 0.3 is 0 Å². The highest BCUT2D eigenvalue weighted by Crippen LogP contribution is 2.42. The highest BCUT2D eigenvalue weighted by Gasteiger charge is 2.29. The highest BCUT2D eigenvalue weighted by molar-refractivity contribution is 7.78. The predicted octanol–water partition coefficient (Wildman–Crippen LogP) is 4.43. The van der Waals surface area contributed by atoms with E-state index in [-0.39, 0.29) is 0 Å². The van der Waals surface area contributed by atoms with Gasteiger partial charge in [0.05, 0.1) is 25.8 Å². The maximum atomic E-state index is 14.5. The number of hydrogen-bond acceptors (Lipinski definition) is 1. The summed E-state index contributed by atoms with van der Waals surface area (Å²) >= 11 is 0. The van der Waals surface area contributed by atoms with Crippen LogP contribution in [0.25, 0.3) is 0 Å². The van der Waals surface area contributed by atoms with Crippen molar-refractivity contribution in [1.29, 1.82) is 0 Å². The van der Waals surface area contributed by atoms with Crippen molar-refractivity contribution in [1.82, 2.24) is 0 Å². The van der Waals surface area contributed by atoms with Crippen molar-refractivity contribution >= 4 is 36.3 Å². The van der Waals surface area contributed by atoms with E-state index in [0.29, 0.717) is 6.16 Å². The third-order valence-electron chi connectivity index (χ3n) is 6.56. The summed E-state index contributed by atoms with van der Waals surface area (Å²) in [5.74, 6) is 0. The summed E-state index contributed by atoms with van der Waals surface area (Å²) in [6.45, 7) is 5.37. The quantitative estimate of drug-likeness (QED) is 0.286. The molecule has 4 aromatic rings. The molecule has 0 aromatic heterocycles. The lowest BCUT2D eigenvalue weighted by Crippen LogP contribution is -3.12. The molecule has 1 N–H and O–H groups in total. The van der Waals surface area contributed by atoms with Crippen molar-refractivity contribution in [3.05, 3.63) is 121 Å². The SMILES string of the molecule is CCC[NH+](CCP(c1ccccc1)c1ccccc1)CCP(=O)(c1ccccc1)c1ccccc1. The second-order valence-electron chi connectivity index (χ2n) is 8.96. The Hall–Kier alpha value is -2.50. The average molecular weight is 501 g/mol. The van der Waals surface area contributed by atoms with E-state index < -0.39 is 15.1 Å². The highest BCUT2D eigenvalue weighted by atomic mass is 31.2. The monoisotopic (exact) mass is 500 g/mol. The minimum atomic E-state index is -2.68. The molecule has 0 aliphatic heterocycles. The van der Waals surface area contributed by atoms with E-state index >= 15 is 0 Å². The molecule has 4 aromatic carbocycles. The van der Waals surface area contributed by atoms with Crippen molar-refractivity contribution in [2.75, 3.05) is 32.0 Å². The zero-order chi connectivity index (χ0) is 24.3. The lowest BCUT2D eigenvalue weighted by atomic mass is 10.4. The van der Waals surface area contributed by atoms with E-state index in [4.69, 9.17) is 0 Å². The molecule has 0 amide bonds. The van der Waals surface area contributed by atoms with Crippen LogP contribution in [0.5, 0.6) is 0 Å². The van der Waals surface area contributed by atoms with Crippen LogP contribution in [0.1, 0.15) is 13.3 Å². The molecule has 0 radical (unpaired) electrons. The van der Waals surface area contributed by atoms with Crippen molar-refractivity contribution < 1.29 is 9.46 Å². The first-order valence-corrected chi connectivity index (χ1v) is 16.0. The van der Waals surface area contributed by atoms with Crippen LogP contribution in [0.2, 0.25) is 0 Å². The van der Waals surface area contributed by atoms with E-state index in [0.717, 1.165) is 42.8 Å². The molecular formula is C31H36NOP2+. The molecule has 0 saturated heterocycles. The first kappa shape index (κ1) is 25.6. The van der Waals surface area contributed by atoms with Crippen LogP contribution in [-0.4, -0.2) is 32.0 Å². The van der Waals surface area contributed by atoms with Gasteiger partial charge < -0.3 is 9.46 Å². The van der Waals surface area contributed by atoms with Gasteiger partial charge in [0.15, 0.2) is 0 Å². The normalized spacial score (nSPS) is 12.5. The van der Waals surface area contributed by atoms with E-state index in [1.807, 2.05) is 60.7 Å². The first-order chi connectivity index (χ1) is 17.2. The van der Waals surface area contributed by atoms with E-state index in [1.54, 1.807) is 4.90 Å². The summed E-state index contributed by atoms with van der Waals surface area (Å²) in [5, 5.41) is 4.81. The third kappa shape index (κ3) is 6.80. The molecule has 4 heteroatoms. The van der Waals surface area contributed by atoms with Gasteiger partial charge in [-0.05, 0) is 25.0 Å². The van der Waals surface area contributed by atoms with Crippen LogP contribution in [0.4, 0.5) is 0 Å². The van der Waals surface area contributed by atoms with Gasteiger partial charge in [0, 0.05) is 16.8 Å². The number of nitrogens with one attached hydrogen (secondary N) is 1. The zero-order valence-electron chi connectivity index (χ0n) is 20.6. The van der Waals surface area contributed by atoms with Gasteiger partial charge in [-0.3, -0.25) is 0 Å². The topological polar surface area (TPSA) is 21.5 Å². The maximum Gasteiger partial charge on any atom is 0.148 e. The zero-order valence-corrected chi connectivity index (χ0v) is 22.4. The average Bonchev–Trinajstić information content (AvgIpc) is 2.94.